The maximum Gasteiger partial charge on any atom is 0.0996 e. The Morgan fingerprint density at radius 1 is 1.67 bits per heavy atom. The van der Waals surface area contributed by atoms with Crippen LogP contribution in [0.15, 0.2) is 12.8 Å². The smallest absolute Gasteiger partial charge is 0.0996 e. The van der Waals surface area contributed by atoms with Gasteiger partial charge in [-0.25, -0.2) is 0 Å². The van der Waals surface area contributed by atoms with Crippen molar-refractivity contribution in [2.24, 2.45) is 0 Å². The number of rotatable bonds is 2. The fourth-order valence-electron chi connectivity index (χ4n) is 0.854. The lowest BCUT2D eigenvalue weighted by atomic mass is 10.2. The summed E-state index contributed by atoms with van der Waals surface area (Å²) >= 11 is 0. The fourth-order valence-corrected chi connectivity index (χ4v) is 0.854. The molecular formula is C6H11NO2. The number of hydrogen-bond donors (Lipinski definition) is 2. The van der Waals surface area contributed by atoms with Crippen LogP contribution in [-0.2, 0) is 4.74 Å². The summed E-state index contributed by atoms with van der Waals surface area (Å²) in [5.41, 5.74) is 0. The lowest BCUT2D eigenvalue weighted by Crippen LogP contribution is -2.35. The Bertz CT molecular complexity index is 105. The summed E-state index contributed by atoms with van der Waals surface area (Å²) in [7, 11) is 0. The molecule has 0 aliphatic carbocycles. The Morgan fingerprint density at radius 3 is 2.89 bits per heavy atom. The van der Waals surface area contributed by atoms with Crippen LogP contribution in [0.4, 0.5) is 0 Å². The van der Waals surface area contributed by atoms with Crippen LogP contribution in [0.3, 0.4) is 0 Å². The zero-order valence-corrected chi connectivity index (χ0v) is 5.21. The van der Waals surface area contributed by atoms with Crippen LogP contribution >= 0.6 is 0 Å². The maximum atomic E-state index is 9.08. The molecule has 1 heterocycles. The normalized spacial score (nSPS) is 34.3. The molecule has 2 atom stereocenters. The van der Waals surface area contributed by atoms with E-state index in [0.717, 1.165) is 0 Å². The average molecular weight is 129 g/mol. The van der Waals surface area contributed by atoms with Crippen molar-refractivity contribution >= 4 is 0 Å². The highest BCUT2D eigenvalue weighted by atomic mass is 16.5. The van der Waals surface area contributed by atoms with E-state index in [1.54, 1.807) is 6.20 Å². The molecule has 0 aromatic carbocycles. The topological polar surface area (TPSA) is 41.5 Å². The first-order valence-electron chi connectivity index (χ1n) is 2.97. The van der Waals surface area contributed by atoms with Crippen molar-refractivity contribution in [2.75, 3.05) is 13.2 Å². The van der Waals surface area contributed by atoms with Gasteiger partial charge in [0.25, 0.3) is 0 Å². The zero-order chi connectivity index (χ0) is 6.69. The summed E-state index contributed by atoms with van der Waals surface area (Å²) in [5.74, 6) is 0. The first-order valence-corrected chi connectivity index (χ1v) is 2.97. The lowest BCUT2D eigenvalue weighted by molar-refractivity contribution is 0.123. The molecule has 0 saturated carbocycles. The van der Waals surface area contributed by atoms with E-state index >= 15 is 0 Å². The Morgan fingerprint density at radius 2 is 2.44 bits per heavy atom. The third-order valence-electron chi connectivity index (χ3n) is 1.38. The van der Waals surface area contributed by atoms with Crippen molar-refractivity contribution in [3.05, 3.63) is 12.8 Å². The minimum absolute atomic E-state index is 0.0440. The number of aliphatic hydroxyl groups is 1. The van der Waals surface area contributed by atoms with E-state index in [0.29, 0.717) is 13.2 Å². The third kappa shape index (κ3) is 1.43. The maximum absolute atomic E-state index is 9.08. The van der Waals surface area contributed by atoms with Gasteiger partial charge < -0.3 is 15.2 Å². The number of ether oxygens (including phenoxy) is 1. The highest BCUT2D eigenvalue weighted by Gasteiger charge is 2.24. The Balaban J connectivity index is 2.30. The Hall–Kier alpha value is -0.540. The van der Waals surface area contributed by atoms with Gasteiger partial charge >= 0.3 is 0 Å². The average Bonchev–Trinajstić information content (AvgIpc) is 2.18. The molecule has 1 fully saturated rings. The molecule has 1 aliphatic heterocycles. The first-order chi connectivity index (χ1) is 4.34. The number of aliphatic hydroxyl groups excluding tert-OH is 1. The van der Waals surface area contributed by atoms with Gasteiger partial charge in [-0.2, -0.15) is 0 Å². The fraction of sp³-hybridized carbons (Fsp3) is 0.667. The summed E-state index contributed by atoms with van der Waals surface area (Å²) in [6.07, 6.45) is 1.20. The summed E-state index contributed by atoms with van der Waals surface area (Å²) in [6, 6.07) is 0.0440. The predicted molar refractivity (Wildman–Crippen MR) is 33.9 cm³/mol. The van der Waals surface area contributed by atoms with Crippen molar-refractivity contribution in [3.63, 3.8) is 0 Å². The summed E-state index contributed by atoms with van der Waals surface area (Å²) in [4.78, 5) is 0. The lowest BCUT2D eigenvalue weighted by Gasteiger charge is -2.10. The van der Waals surface area contributed by atoms with Crippen molar-refractivity contribution in [2.45, 2.75) is 12.1 Å². The van der Waals surface area contributed by atoms with Crippen LogP contribution in [0.25, 0.3) is 0 Å². The van der Waals surface area contributed by atoms with E-state index in [-0.39, 0.29) is 12.1 Å². The molecular weight excluding hydrogens is 118 g/mol. The van der Waals surface area contributed by atoms with Crippen molar-refractivity contribution < 1.29 is 9.84 Å². The van der Waals surface area contributed by atoms with Gasteiger partial charge in [0.15, 0.2) is 0 Å². The van der Waals surface area contributed by atoms with Gasteiger partial charge in [0.1, 0.15) is 0 Å². The minimum Gasteiger partial charge on any atom is -0.388 e. The SMILES string of the molecule is C=CN[C@@H]1COC[C@H]1O. The van der Waals surface area contributed by atoms with Gasteiger partial charge in [-0.1, -0.05) is 6.58 Å². The number of nitrogens with one attached hydrogen (secondary N) is 1. The standard InChI is InChI=1S/C6H11NO2/c1-2-7-5-3-9-4-6(5)8/h2,5-8H,1,3-4H2/t5-,6-/m1/s1. The molecule has 1 saturated heterocycles. The number of hydrogen-bond acceptors (Lipinski definition) is 3. The summed E-state index contributed by atoms with van der Waals surface area (Å²) in [6.45, 7) is 4.49. The monoisotopic (exact) mass is 129 g/mol. The Kier molecular flexibility index (Phi) is 2.08. The third-order valence-corrected chi connectivity index (χ3v) is 1.38. The quantitative estimate of drug-likeness (QED) is 0.527. The molecule has 1 rings (SSSR count). The first kappa shape index (κ1) is 6.58. The zero-order valence-electron chi connectivity index (χ0n) is 5.21. The van der Waals surface area contributed by atoms with E-state index in [9.17, 15) is 0 Å². The molecule has 0 spiro atoms. The second kappa shape index (κ2) is 2.85. The van der Waals surface area contributed by atoms with Crippen molar-refractivity contribution in [1.82, 2.24) is 5.32 Å². The van der Waals surface area contributed by atoms with Crippen LogP contribution in [-0.4, -0.2) is 30.5 Å². The Labute approximate surface area is 54.3 Å². The second-order valence-electron chi connectivity index (χ2n) is 2.08. The van der Waals surface area contributed by atoms with Crippen LogP contribution in [0.5, 0.6) is 0 Å². The van der Waals surface area contributed by atoms with E-state index in [1.165, 1.54) is 0 Å². The molecule has 0 bridgehead atoms. The van der Waals surface area contributed by atoms with Crippen LogP contribution < -0.4 is 5.32 Å². The van der Waals surface area contributed by atoms with Crippen molar-refractivity contribution in [3.8, 4) is 0 Å². The predicted octanol–water partition coefficient (Wildman–Crippen LogP) is -0.521. The molecule has 0 amide bonds. The largest absolute Gasteiger partial charge is 0.388 e. The van der Waals surface area contributed by atoms with Crippen LogP contribution in [0.1, 0.15) is 0 Å². The van der Waals surface area contributed by atoms with E-state index in [2.05, 4.69) is 11.9 Å². The van der Waals surface area contributed by atoms with Crippen LogP contribution in [0, 0.1) is 0 Å². The molecule has 3 nitrogen and oxygen atoms in total. The highest BCUT2D eigenvalue weighted by molar-refractivity contribution is 4.84. The van der Waals surface area contributed by atoms with Gasteiger partial charge in [-0.3, -0.25) is 0 Å². The van der Waals surface area contributed by atoms with Gasteiger partial charge in [0.05, 0.1) is 25.4 Å². The van der Waals surface area contributed by atoms with E-state index in [1.807, 2.05) is 0 Å². The van der Waals surface area contributed by atoms with Gasteiger partial charge in [-0.15, -0.1) is 0 Å². The minimum atomic E-state index is -0.372. The molecule has 3 heteroatoms. The molecule has 0 aromatic rings. The second-order valence-corrected chi connectivity index (χ2v) is 2.08. The van der Waals surface area contributed by atoms with Gasteiger partial charge in [0, 0.05) is 0 Å². The van der Waals surface area contributed by atoms with E-state index < -0.39 is 0 Å². The van der Waals surface area contributed by atoms with Crippen molar-refractivity contribution in [1.29, 1.82) is 0 Å². The van der Waals surface area contributed by atoms with Gasteiger partial charge in [0.2, 0.25) is 0 Å². The summed E-state index contributed by atoms with van der Waals surface area (Å²) in [5, 5.41) is 12.0. The molecule has 0 radical (unpaired) electrons. The molecule has 0 unspecified atom stereocenters. The summed E-state index contributed by atoms with van der Waals surface area (Å²) < 4.78 is 4.96. The van der Waals surface area contributed by atoms with Crippen LogP contribution in [0.2, 0.25) is 0 Å². The molecule has 0 aromatic heterocycles. The molecule has 2 N–H and O–H groups in total. The molecule has 9 heavy (non-hydrogen) atoms. The van der Waals surface area contributed by atoms with Gasteiger partial charge in [-0.05, 0) is 6.20 Å². The van der Waals surface area contributed by atoms with E-state index in [4.69, 9.17) is 9.84 Å². The highest BCUT2D eigenvalue weighted by Crippen LogP contribution is 2.03. The molecule has 52 valence electrons. The molecule has 1 aliphatic rings.